The molecule has 1 aliphatic heterocycles. The van der Waals surface area contributed by atoms with Gasteiger partial charge in [0.1, 0.15) is 18.7 Å². The van der Waals surface area contributed by atoms with Crippen LogP contribution in [-0.4, -0.2) is 39.9 Å². The van der Waals surface area contributed by atoms with Crippen LogP contribution in [0.5, 0.6) is 11.5 Å². The Morgan fingerprint density at radius 1 is 1.24 bits per heavy atom. The summed E-state index contributed by atoms with van der Waals surface area (Å²) in [5.74, 6) is 1.45. The van der Waals surface area contributed by atoms with Gasteiger partial charge in [0.25, 0.3) is 0 Å². The van der Waals surface area contributed by atoms with Crippen molar-refractivity contribution >= 4 is 11.0 Å². The zero-order valence-electron chi connectivity index (χ0n) is 9.30. The summed E-state index contributed by atoms with van der Waals surface area (Å²) in [5.41, 5.74) is 1.69. The number of ether oxygens (including phenoxy) is 2. The Labute approximate surface area is 97.7 Å². The van der Waals surface area contributed by atoms with Gasteiger partial charge in [0, 0.05) is 25.3 Å². The maximum Gasteiger partial charge on any atom is 0.163 e. The number of rotatable bonds is 3. The number of fused-ring (bicyclic) bond motifs is 2. The Kier molecular flexibility index (Phi) is 2.56. The Bertz CT molecular complexity index is 538. The number of nitrogens with zero attached hydrogens (tertiary/aromatic N) is 3. The van der Waals surface area contributed by atoms with Crippen LogP contribution >= 0.6 is 0 Å². The predicted molar refractivity (Wildman–Crippen MR) is 60.2 cm³/mol. The van der Waals surface area contributed by atoms with Crippen molar-refractivity contribution in [3.05, 3.63) is 12.1 Å². The first-order valence-electron chi connectivity index (χ1n) is 5.62. The highest BCUT2D eigenvalue weighted by Crippen LogP contribution is 2.33. The molecule has 1 aromatic carbocycles. The summed E-state index contributed by atoms with van der Waals surface area (Å²) < 4.78 is 12.8. The van der Waals surface area contributed by atoms with Gasteiger partial charge in [-0.2, -0.15) is 0 Å². The number of benzene rings is 1. The van der Waals surface area contributed by atoms with Gasteiger partial charge in [-0.05, 0) is 6.42 Å². The van der Waals surface area contributed by atoms with Crippen LogP contribution in [0, 0.1) is 0 Å². The lowest BCUT2D eigenvalue weighted by atomic mass is 10.2. The fourth-order valence-electron chi connectivity index (χ4n) is 1.89. The summed E-state index contributed by atoms with van der Waals surface area (Å²) in [6, 6.07) is 3.73. The molecule has 2 heterocycles. The van der Waals surface area contributed by atoms with Crippen molar-refractivity contribution in [2.75, 3.05) is 19.8 Å². The molecule has 1 aromatic heterocycles. The Morgan fingerprint density at radius 2 is 2.00 bits per heavy atom. The van der Waals surface area contributed by atoms with Crippen LogP contribution < -0.4 is 9.47 Å². The molecule has 0 saturated carbocycles. The van der Waals surface area contributed by atoms with Crippen molar-refractivity contribution in [3.8, 4) is 11.5 Å². The standard InChI is InChI=1S/C11H13N3O3/c15-3-1-2-14-9-7-11-10(16-4-5-17-11)6-8(9)12-13-14/h6-7,15H,1-5H2. The summed E-state index contributed by atoms with van der Waals surface area (Å²) in [4.78, 5) is 0. The predicted octanol–water partition coefficient (Wildman–Crippen LogP) is 0.585. The van der Waals surface area contributed by atoms with Gasteiger partial charge in [-0.3, -0.25) is 0 Å². The van der Waals surface area contributed by atoms with E-state index in [1.807, 2.05) is 12.1 Å². The molecule has 17 heavy (non-hydrogen) atoms. The third kappa shape index (κ3) is 1.80. The molecule has 6 heteroatoms. The summed E-state index contributed by atoms with van der Waals surface area (Å²) in [7, 11) is 0. The first-order valence-corrected chi connectivity index (χ1v) is 5.62. The van der Waals surface area contributed by atoms with E-state index in [0.717, 1.165) is 22.5 Å². The van der Waals surface area contributed by atoms with Crippen molar-refractivity contribution in [2.24, 2.45) is 0 Å². The molecule has 3 rings (SSSR count). The fourth-order valence-corrected chi connectivity index (χ4v) is 1.89. The molecule has 0 aliphatic carbocycles. The van der Waals surface area contributed by atoms with E-state index >= 15 is 0 Å². The minimum atomic E-state index is 0.145. The molecule has 0 saturated heterocycles. The first-order chi connectivity index (χ1) is 8.38. The van der Waals surface area contributed by atoms with Gasteiger partial charge in [0.2, 0.25) is 0 Å². The Hall–Kier alpha value is -1.82. The molecule has 1 N–H and O–H groups in total. The highest BCUT2D eigenvalue weighted by molar-refractivity contribution is 5.79. The van der Waals surface area contributed by atoms with Crippen molar-refractivity contribution in [1.82, 2.24) is 15.0 Å². The zero-order chi connectivity index (χ0) is 11.7. The molecule has 0 atom stereocenters. The smallest absolute Gasteiger partial charge is 0.163 e. The van der Waals surface area contributed by atoms with Crippen molar-refractivity contribution in [3.63, 3.8) is 0 Å². The van der Waals surface area contributed by atoms with E-state index in [0.29, 0.717) is 26.2 Å². The minimum absolute atomic E-state index is 0.145. The van der Waals surface area contributed by atoms with E-state index in [1.54, 1.807) is 4.68 Å². The van der Waals surface area contributed by atoms with Crippen LogP contribution in [0.15, 0.2) is 12.1 Å². The van der Waals surface area contributed by atoms with Crippen LogP contribution in [0.1, 0.15) is 6.42 Å². The van der Waals surface area contributed by atoms with Crippen LogP contribution in [-0.2, 0) is 6.54 Å². The summed E-state index contributed by atoms with van der Waals surface area (Å²) in [5, 5.41) is 16.9. The second kappa shape index (κ2) is 4.21. The molecule has 6 nitrogen and oxygen atoms in total. The molecule has 0 spiro atoms. The maximum absolute atomic E-state index is 8.82. The van der Waals surface area contributed by atoms with Gasteiger partial charge < -0.3 is 14.6 Å². The lowest BCUT2D eigenvalue weighted by Gasteiger charge is -2.17. The molecule has 2 aromatic rings. The normalized spacial score (nSPS) is 14.2. The minimum Gasteiger partial charge on any atom is -0.486 e. The number of aromatic nitrogens is 3. The number of aliphatic hydroxyl groups excluding tert-OH is 1. The van der Waals surface area contributed by atoms with E-state index in [-0.39, 0.29) is 6.61 Å². The Balaban J connectivity index is 2.03. The van der Waals surface area contributed by atoms with E-state index in [2.05, 4.69) is 10.3 Å². The van der Waals surface area contributed by atoms with Gasteiger partial charge in [0.05, 0.1) is 5.52 Å². The molecule has 1 aliphatic rings. The van der Waals surface area contributed by atoms with E-state index in [9.17, 15) is 0 Å². The summed E-state index contributed by atoms with van der Waals surface area (Å²) in [6.07, 6.45) is 0.660. The van der Waals surface area contributed by atoms with E-state index in [1.165, 1.54) is 0 Å². The van der Waals surface area contributed by atoms with Crippen LogP contribution in [0.4, 0.5) is 0 Å². The fraction of sp³-hybridized carbons (Fsp3) is 0.455. The lowest BCUT2D eigenvalue weighted by Crippen LogP contribution is -2.15. The molecule has 0 amide bonds. The number of aliphatic hydroxyl groups is 1. The molecule has 0 radical (unpaired) electrons. The summed E-state index contributed by atoms with van der Waals surface area (Å²) >= 11 is 0. The quantitative estimate of drug-likeness (QED) is 0.843. The van der Waals surface area contributed by atoms with Crippen molar-refractivity contribution in [2.45, 2.75) is 13.0 Å². The van der Waals surface area contributed by atoms with Crippen LogP contribution in [0.2, 0.25) is 0 Å². The second-order valence-electron chi connectivity index (χ2n) is 3.87. The topological polar surface area (TPSA) is 69.4 Å². The molecule has 0 unspecified atom stereocenters. The van der Waals surface area contributed by atoms with Gasteiger partial charge >= 0.3 is 0 Å². The molecule has 90 valence electrons. The highest BCUT2D eigenvalue weighted by Gasteiger charge is 2.15. The SMILES string of the molecule is OCCCn1nnc2cc3c(cc21)OCCO3. The maximum atomic E-state index is 8.82. The van der Waals surface area contributed by atoms with E-state index < -0.39 is 0 Å². The molecule has 0 bridgehead atoms. The largest absolute Gasteiger partial charge is 0.486 e. The van der Waals surface area contributed by atoms with Gasteiger partial charge in [-0.1, -0.05) is 5.21 Å². The van der Waals surface area contributed by atoms with Crippen LogP contribution in [0.3, 0.4) is 0 Å². The van der Waals surface area contributed by atoms with Crippen molar-refractivity contribution < 1.29 is 14.6 Å². The molecular formula is C11H13N3O3. The third-order valence-corrected chi connectivity index (χ3v) is 2.71. The van der Waals surface area contributed by atoms with E-state index in [4.69, 9.17) is 14.6 Å². The lowest BCUT2D eigenvalue weighted by molar-refractivity contribution is 0.172. The number of hydrogen-bond acceptors (Lipinski definition) is 5. The van der Waals surface area contributed by atoms with Crippen molar-refractivity contribution in [1.29, 1.82) is 0 Å². The zero-order valence-corrected chi connectivity index (χ0v) is 9.30. The third-order valence-electron chi connectivity index (χ3n) is 2.71. The van der Waals surface area contributed by atoms with Gasteiger partial charge in [-0.25, -0.2) is 4.68 Å². The molecule has 0 fully saturated rings. The highest BCUT2D eigenvalue weighted by atomic mass is 16.6. The summed E-state index contributed by atoms with van der Waals surface area (Å²) in [6.45, 7) is 1.92. The average molecular weight is 235 g/mol. The monoisotopic (exact) mass is 235 g/mol. The van der Waals surface area contributed by atoms with Gasteiger partial charge in [0.15, 0.2) is 11.5 Å². The number of hydrogen-bond donors (Lipinski definition) is 1. The Morgan fingerprint density at radius 3 is 2.76 bits per heavy atom. The average Bonchev–Trinajstić information content (AvgIpc) is 2.76. The van der Waals surface area contributed by atoms with Crippen LogP contribution in [0.25, 0.3) is 11.0 Å². The molecular weight excluding hydrogens is 222 g/mol. The second-order valence-corrected chi connectivity index (χ2v) is 3.87. The van der Waals surface area contributed by atoms with Gasteiger partial charge in [-0.15, -0.1) is 5.10 Å². The first kappa shape index (κ1) is 10.3. The number of aryl methyl sites for hydroxylation is 1.